The van der Waals surface area contributed by atoms with Gasteiger partial charge in [0.1, 0.15) is 0 Å². The van der Waals surface area contributed by atoms with E-state index in [1.54, 1.807) is 0 Å². The van der Waals surface area contributed by atoms with E-state index in [1.807, 2.05) is 5.01 Å². The van der Waals surface area contributed by atoms with Crippen LogP contribution in [0.4, 0.5) is 0 Å². The van der Waals surface area contributed by atoms with Gasteiger partial charge in [0.05, 0.1) is 0 Å². The van der Waals surface area contributed by atoms with Crippen LogP contribution in [0.1, 0.15) is 45.4 Å². The van der Waals surface area contributed by atoms with E-state index in [1.165, 1.54) is 38.5 Å². The SMILES string of the molecule is C1CC1.CC1CCCCN1N. The van der Waals surface area contributed by atoms with E-state index in [0.717, 1.165) is 6.54 Å². The Balaban J connectivity index is 0.000000167. The van der Waals surface area contributed by atoms with Crippen molar-refractivity contribution in [3.8, 4) is 0 Å². The average molecular weight is 156 g/mol. The summed E-state index contributed by atoms with van der Waals surface area (Å²) < 4.78 is 0. The van der Waals surface area contributed by atoms with Gasteiger partial charge >= 0.3 is 0 Å². The zero-order chi connectivity index (χ0) is 8.10. The van der Waals surface area contributed by atoms with Crippen molar-refractivity contribution in [3.63, 3.8) is 0 Å². The second-order valence-electron chi connectivity index (χ2n) is 3.64. The van der Waals surface area contributed by atoms with E-state index in [-0.39, 0.29) is 0 Å². The molecule has 2 rings (SSSR count). The van der Waals surface area contributed by atoms with Crippen molar-refractivity contribution >= 4 is 0 Å². The molecule has 0 spiro atoms. The van der Waals surface area contributed by atoms with Crippen LogP contribution in [0.25, 0.3) is 0 Å². The third-order valence-electron chi connectivity index (χ3n) is 2.21. The average Bonchev–Trinajstić information content (AvgIpc) is 2.80. The van der Waals surface area contributed by atoms with Gasteiger partial charge in [-0.2, -0.15) is 0 Å². The predicted octanol–water partition coefficient (Wildman–Crippen LogP) is 1.90. The first-order valence-corrected chi connectivity index (χ1v) is 4.82. The second kappa shape index (κ2) is 4.73. The molecule has 1 aliphatic heterocycles. The third kappa shape index (κ3) is 4.38. The minimum absolute atomic E-state index is 0.615. The molecular weight excluding hydrogens is 136 g/mol. The zero-order valence-corrected chi connectivity index (χ0v) is 7.55. The van der Waals surface area contributed by atoms with Crippen LogP contribution >= 0.6 is 0 Å². The van der Waals surface area contributed by atoms with Crippen molar-refractivity contribution in [2.45, 2.75) is 51.5 Å². The van der Waals surface area contributed by atoms with Crippen LogP contribution in [0.2, 0.25) is 0 Å². The third-order valence-corrected chi connectivity index (χ3v) is 2.21. The lowest BCUT2D eigenvalue weighted by molar-refractivity contribution is 0.164. The van der Waals surface area contributed by atoms with E-state index >= 15 is 0 Å². The van der Waals surface area contributed by atoms with Crippen LogP contribution in [0, 0.1) is 0 Å². The lowest BCUT2D eigenvalue weighted by Crippen LogP contribution is -2.42. The molecule has 66 valence electrons. The lowest BCUT2D eigenvalue weighted by atomic mass is 10.1. The summed E-state index contributed by atoms with van der Waals surface area (Å²) >= 11 is 0. The van der Waals surface area contributed by atoms with Gasteiger partial charge in [-0.3, -0.25) is 5.84 Å². The van der Waals surface area contributed by atoms with Crippen LogP contribution in [0.5, 0.6) is 0 Å². The molecule has 2 N–H and O–H groups in total. The van der Waals surface area contributed by atoms with Crippen molar-refractivity contribution < 1.29 is 0 Å². The van der Waals surface area contributed by atoms with Gasteiger partial charge in [-0.1, -0.05) is 25.7 Å². The Morgan fingerprint density at radius 2 is 1.73 bits per heavy atom. The molecule has 0 amide bonds. The molecule has 11 heavy (non-hydrogen) atoms. The Morgan fingerprint density at radius 1 is 1.09 bits per heavy atom. The molecule has 2 fully saturated rings. The predicted molar refractivity (Wildman–Crippen MR) is 48.1 cm³/mol. The first-order chi connectivity index (χ1) is 5.30. The second-order valence-corrected chi connectivity index (χ2v) is 3.64. The van der Waals surface area contributed by atoms with E-state index in [9.17, 15) is 0 Å². The van der Waals surface area contributed by atoms with Gasteiger partial charge in [-0.15, -0.1) is 0 Å². The van der Waals surface area contributed by atoms with Gasteiger partial charge in [0.15, 0.2) is 0 Å². The zero-order valence-electron chi connectivity index (χ0n) is 7.55. The summed E-state index contributed by atoms with van der Waals surface area (Å²) in [5.74, 6) is 5.61. The normalized spacial score (nSPS) is 30.5. The maximum absolute atomic E-state index is 5.61. The van der Waals surface area contributed by atoms with Crippen LogP contribution in [-0.4, -0.2) is 17.6 Å². The summed E-state index contributed by atoms with van der Waals surface area (Å²) in [5, 5.41) is 1.93. The van der Waals surface area contributed by atoms with Crippen molar-refractivity contribution in [1.82, 2.24) is 5.01 Å². The molecule has 0 aromatic rings. The molecule has 0 aromatic heterocycles. The highest BCUT2D eigenvalue weighted by Crippen LogP contribution is 2.14. The molecule has 1 saturated heterocycles. The maximum Gasteiger partial charge on any atom is 0.0212 e. The molecule has 0 aromatic carbocycles. The van der Waals surface area contributed by atoms with Crippen LogP contribution < -0.4 is 5.84 Å². The fourth-order valence-corrected chi connectivity index (χ4v) is 1.12. The van der Waals surface area contributed by atoms with Crippen molar-refractivity contribution in [1.29, 1.82) is 0 Å². The minimum atomic E-state index is 0.615. The number of rotatable bonds is 0. The molecule has 1 saturated carbocycles. The van der Waals surface area contributed by atoms with Gasteiger partial charge in [-0.25, -0.2) is 5.01 Å². The number of piperidine rings is 1. The Labute approximate surface area is 69.7 Å². The molecule has 1 heterocycles. The summed E-state index contributed by atoms with van der Waals surface area (Å²) in [6.45, 7) is 3.26. The highest BCUT2D eigenvalue weighted by atomic mass is 15.4. The highest BCUT2D eigenvalue weighted by Gasteiger charge is 2.13. The van der Waals surface area contributed by atoms with Crippen molar-refractivity contribution in [2.75, 3.05) is 6.54 Å². The number of hydrogen-bond donors (Lipinski definition) is 1. The summed E-state index contributed by atoms with van der Waals surface area (Å²) in [7, 11) is 0. The summed E-state index contributed by atoms with van der Waals surface area (Å²) in [6, 6.07) is 0.615. The Kier molecular flexibility index (Phi) is 3.87. The molecule has 2 aliphatic rings. The topological polar surface area (TPSA) is 29.3 Å². The number of hydrazine groups is 1. The summed E-state index contributed by atoms with van der Waals surface area (Å²) in [5.41, 5.74) is 0. The Bertz CT molecular complexity index is 89.0. The lowest BCUT2D eigenvalue weighted by Gasteiger charge is -2.28. The largest absolute Gasteiger partial charge is 0.269 e. The van der Waals surface area contributed by atoms with E-state index in [2.05, 4.69) is 6.92 Å². The van der Waals surface area contributed by atoms with Gasteiger partial charge < -0.3 is 0 Å². The van der Waals surface area contributed by atoms with Crippen LogP contribution in [0.15, 0.2) is 0 Å². The molecule has 2 heteroatoms. The van der Waals surface area contributed by atoms with Gasteiger partial charge in [0.25, 0.3) is 0 Å². The highest BCUT2D eigenvalue weighted by molar-refractivity contribution is 4.66. The van der Waals surface area contributed by atoms with Crippen LogP contribution in [-0.2, 0) is 0 Å². The summed E-state index contributed by atoms with van der Waals surface area (Å²) in [4.78, 5) is 0. The monoisotopic (exact) mass is 156 g/mol. The van der Waals surface area contributed by atoms with Gasteiger partial charge in [0.2, 0.25) is 0 Å². The maximum atomic E-state index is 5.61. The molecule has 1 atom stereocenters. The van der Waals surface area contributed by atoms with Crippen molar-refractivity contribution in [3.05, 3.63) is 0 Å². The Hall–Kier alpha value is -0.0800. The standard InChI is InChI=1S/C6H14N2.C3H6/c1-6-4-2-3-5-8(6)7;1-2-3-1/h6H,2-5,7H2,1H3;1-3H2. The van der Waals surface area contributed by atoms with E-state index < -0.39 is 0 Å². The first kappa shape index (κ1) is 9.01. The van der Waals surface area contributed by atoms with Crippen LogP contribution in [0.3, 0.4) is 0 Å². The number of nitrogens with zero attached hydrogens (tertiary/aromatic N) is 1. The quantitative estimate of drug-likeness (QED) is 0.543. The Morgan fingerprint density at radius 3 is 2.00 bits per heavy atom. The molecule has 1 aliphatic carbocycles. The smallest absolute Gasteiger partial charge is 0.0212 e. The number of hydrogen-bond acceptors (Lipinski definition) is 2. The van der Waals surface area contributed by atoms with Gasteiger partial charge in [0, 0.05) is 12.6 Å². The number of nitrogens with two attached hydrogens (primary N) is 1. The summed E-state index contributed by atoms with van der Waals surface area (Å²) in [6.07, 6.45) is 8.41. The van der Waals surface area contributed by atoms with Gasteiger partial charge in [-0.05, 0) is 19.8 Å². The molecule has 0 radical (unpaired) electrons. The fourth-order valence-electron chi connectivity index (χ4n) is 1.12. The molecule has 2 nitrogen and oxygen atoms in total. The molecular formula is C9H20N2. The van der Waals surface area contributed by atoms with E-state index in [0.29, 0.717) is 6.04 Å². The van der Waals surface area contributed by atoms with E-state index in [4.69, 9.17) is 5.84 Å². The fraction of sp³-hybridized carbons (Fsp3) is 1.00. The first-order valence-electron chi connectivity index (χ1n) is 4.82. The minimum Gasteiger partial charge on any atom is -0.269 e. The molecule has 1 unspecified atom stereocenters. The molecule has 0 bridgehead atoms. The van der Waals surface area contributed by atoms with Crippen molar-refractivity contribution in [2.24, 2.45) is 5.84 Å².